The Bertz CT molecular complexity index is 955. The molecule has 4 heterocycles. The SMILES string of the molecule is Cc1cccnc1Nc1nc(-c2ccc(C(=O)N3CCC(C)C3)cn2)ns1. The van der Waals surface area contributed by atoms with Gasteiger partial charge in [0.2, 0.25) is 5.13 Å². The van der Waals surface area contributed by atoms with E-state index in [0.29, 0.717) is 28.1 Å². The zero-order chi connectivity index (χ0) is 18.8. The predicted octanol–water partition coefficient (Wildman–Crippen LogP) is 3.53. The molecule has 0 saturated carbocycles. The van der Waals surface area contributed by atoms with Crippen molar-refractivity contribution < 1.29 is 4.79 Å². The summed E-state index contributed by atoms with van der Waals surface area (Å²) >= 11 is 1.25. The van der Waals surface area contributed by atoms with Gasteiger partial charge < -0.3 is 10.2 Å². The van der Waals surface area contributed by atoms with Gasteiger partial charge in [0, 0.05) is 37.0 Å². The molecule has 1 unspecified atom stereocenters. The molecule has 1 saturated heterocycles. The number of aromatic nitrogens is 4. The number of likely N-dealkylation sites (tertiary alicyclic amines) is 1. The van der Waals surface area contributed by atoms with E-state index in [2.05, 4.69) is 31.6 Å². The topological polar surface area (TPSA) is 83.9 Å². The Morgan fingerprint density at radius 2 is 2.19 bits per heavy atom. The molecule has 0 aromatic carbocycles. The second kappa shape index (κ2) is 7.40. The zero-order valence-corrected chi connectivity index (χ0v) is 16.0. The number of nitrogens with zero attached hydrogens (tertiary/aromatic N) is 5. The third kappa shape index (κ3) is 3.80. The van der Waals surface area contributed by atoms with Gasteiger partial charge in [0.15, 0.2) is 5.82 Å². The third-order valence-electron chi connectivity index (χ3n) is 4.61. The monoisotopic (exact) mass is 380 g/mol. The minimum Gasteiger partial charge on any atom is -0.338 e. The van der Waals surface area contributed by atoms with Gasteiger partial charge in [-0.05, 0) is 43.0 Å². The van der Waals surface area contributed by atoms with E-state index < -0.39 is 0 Å². The number of rotatable bonds is 4. The lowest BCUT2D eigenvalue weighted by Gasteiger charge is -2.15. The third-order valence-corrected chi connectivity index (χ3v) is 5.24. The maximum Gasteiger partial charge on any atom is 0.255 e. The van der Waals surface area contributed by atoms with Gasteiger partial charge in [-0.2, -0.15) is 9.36 Å². The second-order valence-corrected chi connectivity index (χ2v) is 7.55. The van der Waals surface area contributed by atoms with Gasteiger partial charge in [0.1, 0.15) is 11.5 Å². The van der Waals surface area contributed by atoms with Crippen molar-refractivity contribution in [3.8, 4) is 11.5 Å². The molecule has 0 radical (unpaired) electrons. The zero-order valence-electron chi connectivity index (χ0n) is 15.2. The fourth-order valence-corrected chi connectivity index (χ4v) is 3.63. The molecule has 1 aliphatic heterocycles. The van der Waals surface area contributed by atoms with Gasteiger partial charge >= 0.3 is 0 Å². The molecule has 1 N–H and O–H groups in total. The fourth-order valence-electron chi connectivity index (χ4n) is 3.05. The lowest BCUT2D eigenvalue weighted by Crippen LogP contribution is -2.28. The number of anilines is 2. The summed E-state index contributed by atoms with van der Waals surface area (Å²) in [4.78, 5) is 27.6. The molecule has 1 atom stereocenters. The van der Waals surface area contributed by atoms with Gasteiger partial charge in [-0.3, -0.25) is 9.78 Å². The molecule has 0 aliphatic carbocycles. The number of hydrogen-bond donors (Lipinski definition) is 1. The molecule has 1 aliphatic rings. The molecule has 0 bridgehead atoms. The van der Waals surface area contributed by atoms with E-state index in [-0.39, 0.29) is 5.91 Å². The van der Waals surface area contributed by atoms with Crippen LogP contribution < -0.4 is 5.32 Å². The van der Waals surface area contributed by atoms with Crippen LogP contribution in [-0.2, 0) is 0 Å². The number of pyridine rings is 2. The van der Waals surface area contributed by atoms with Crippen LogP contribution in [-0.4, -0.2) is 43.2 Å². The van der Waals surface area contributed by atoms with Crippen molar-refractivity contribution in [2.75, 3.05) is 18.4 Å². The second-order valence-electron chi connectivity index (χ2n) is 6.79. The van der Waals surface area contributed by atoms with Crippen LogP contribution in [0.4, 0.5) is 10.9 Å². The molecule has 0 spiro atoms. The lowest BCUT2D eigenvalue weighted by atomic mass is 10.2. The van der Waals surface area contributed by atoms with Crippen molar-refractivity contribution in [2.45, 2.75) is 20.3 Å². The Labute approximate surface area is 161 Å². The number of amides is 1. The minimum atomic E-state index is 0.0395. The lowest BCUT2D eigenvalue weighted by molar-refractivity contribution is 0.0787. The van der Waals surface area contributed by atoms with Crippen LogP contribution in [0.1, 0.15) is 29.3 Å². The standard InChI is InChI=1S/C19H20N6OS/c1-12-7-9-25(11-12)18(26)14-5-6-15(21-10-14)17-23-19(27-24-17)22-16-13(2)4-3-8-20-16/h3-6,8,10,12H,7,9,11H2,1-2H3,(H,20,22,23,24). The highest BCUT2D eigenvalue weighted by Gasteiger charge is 2.24. The molecule has 4 rings (SSSR count). The van der Waals surface area contributed by atoms with E-state index in [4.69, 9.17) is 0 Å². The van der Waals surface area contributed by atoms with Crippen molar-refractivity contribution in [1.29, 1.82) is 0 Å². The Hall–Kier alpha value is -2.87. The van der Waals surface area contributed by atoms with Gasteiger partial charge in [0.05, 0.1) is 5.56 Å². The van der Waals surface area contributed by atoms with Crippen LogP contribution in [0.2, 0.25) is 0 Å². The summed E-state index contributed by atoms with van der Waals surface area (Å²) in [6, 6.07) is 7.46. The number of carbonyl (C=O) groups is 1. The van der Waals surface area contributed by atoms with Crippen molar-refractivity contribution in [3.63, 3.8) is 0 Å². The van der Waals surface area contributed by atoms with Crippen molar-refractivity contribution >= 4 is 28.4 Å². The molecule has 27 heavy (non-hydrogen) atoms. The summed E-state index contributed by atoms with van der Waals surface area (Å²) in [5.74, 6) is 1.89. The van der Waals surface area contributed by atoms with Gasteiger partial charge in [-0.25, -0.2) is 4.98 Å². The molecule has 1 fully saturated rings. The highest BCUT2D eigenvalue weighted by molar-refractivity contribution is 7.09. The molecule has 1 amide bonds. The van der Waals surface area contributed by atoms with Gasteiger partial charge in [-0.15, -0.1) is 0 Å². The highest BCUT2D eigenvalue weighted by atomic mass is 32.1. The maximum atomic E-state index is 12.5. The van der Waals surface area contributed by atoms with E-state index in [1.54, 1.807) is 24.5 Å². The average Bonchev–Trinajstić information content (AvgIpc) is 3.32. The fraction of sp³-hybridized carbons (Fsp3) is 0.316. The Balaban J connectivity index is 1.47. The first-order chi connectivity index (χ1) is 13.1. The molecule has 7 nitrogen and oxygen atoms in total. The maximum absolute atomic E-state index is 12.5. The summed E-state index contributed by atoms with van der Waals surface area (Å²) in [7, 11) is 0. The smallest absolute Gasteiger partial charge is 0.255 e. The molecule has 3 aromatic heterocycles. The Morgan fingerprint density at radius 1 is 1.30 bits per heavy atom. The van der Waals surface area contributed by atoms with Crippen LogP contribution in [0, 0.1) is 12.8 Å². The van der Waals surface area contributed by atoms with E-state index >= 15 is 0 Å². The molecule has 138 valence electrons. The van der Waals surface area contributed by atoms with Crippen molar-refractivity contribution in [3.05, 3.63) is 47.8 Å². The summed E-state index contributed by atoms with van der Waals surface area (Å²) in [6.07, 6.45) is 4.40. The predicted molar refractivity (Wildman–Crippen MR) is 105 cm³/mol. The Kier molecular flexibility index (Phi) is 4.81. The van der Waals surface area contributed by atoms with Gasteiger partial charge in [0.25, 0.3) is 5.91 Å². The minimum absolute atomic E-state index is 0.0395. The molecular weight excluding hydrogens is 360 g/mol. The first kappa shape index (κ1) is 17.5. The van der Waals surface area contributed by atoms with E-state index in [1.165, 1.54) is 11.5 Å². The summed E-state index contributed by atoms with van der Waals surface area (Å²) in [5.41, 5.74) is 2.28. The van der Waals surface area contributed by atoms with E-state index in [9.17, 15) is 4.79 Å². The summed E-state index contributed by atoms with van der Waals surface area (Å²) < 4.78 is 4.36. The molecule has 8 heteroatoms. The number of hydrogen-bond acceptors (Lipinski definition) is 7. The first-order valence-electron chi connectivity index (χ1n) is 8.88. The van der Waals surface area contributed by atoms with E-state index in [1.807, 2.05) is 24.0 Å². The highest BCUT2D eigenvalue weighted by Crippen LogP contribution is 2.24. The number of aryl methyl sites for hydroxylation is 1. The molecule has 3 aromatic rings. The van der Waals surface area contributed by atoms with Crippen molar-refractivity contribution in [2.24, 2.45) is 5.92 Å². The normalized spacial score (nSPS) is 16.5. The number of nitrogens with one attached hydrogen (secondary N) is 1. The first-order valence-corrected chi connectivity index (χ1v) is 9.65. The number of carbonyl (C=O) groups excluding carboxylic acids is 1. The van der Waals surface area contributed by atoms with Crippen LogP contribution in [0.5, 0.6) is 0 Å². The van der Waals surface area contributed by atoms with Gasteiger partial charge in [-0.1, -0.05) is 13.0 Å². The van der Waals surface area contributed by atoms with Crippen molar-refractivity contribution in [1.82, 2.24) is 24.2 Å². The van der Waals surface area contributed by atoms with E-state index in [0.717, 1.165) is 30.9 Å². The quantitative estimate of drug-likeness (QED) is 0.745. The van der Waals surface area contributed by atoms with Crippen LogP contribution in [0.15, 0.2) is 36.7 Å². The Morgan fingerprint density at radius 3 is 2.89 bits per heavy atom. The summed E-state index contributed by atoms with van der Waals surface area (Å²) in [6.45, 7) is 5.78. The average molecular weight is 380 g/mol. The van der Waals surface area contributed by atoms with Crippen LogP contribution in [0.3, 0.4) is 0 Å². The molecular formula is C19H20N6OS. The van der Waals surface area contributed by atoms with Crippen LogP contribution >= 0.6 is 11.5 Å². The summed E-state index contributed by atoms with van der Waals surface area (Å²) in [5, 5.41) is 3.83. The van der Waals surface area contributed by atoms with Crippen LogP contribution in [0.25, 0.3) is 11.5 Å². The largest absolute Gasteiger partial charge is 0.338 e.